The SMILES string of the molecule is COc1cc(C(=O)N2CCOCC2)ccc1Nc1cc2c(nn1)CCCN2Cc1cc(Cl)ccc1C(F)(F)F. The van der Waals surface area contributed by atoms with Gasteiger partial charge in [-0.05, 0) is 54.8 Å². The van der Waals surface area contributed by atoms with Gasteiger partial charge in [-0.25, -0.2) is 0 Å². The second-order valence-electron chi connectivity index (χ2n) is 9.33. The lowest BCUT2D eigenvalue weighted by atomic mass is 10.0. The van der Waals surface area contributed by atoms with E-state index in [1.165, 1.54) is 19.2 Å². The van der Waals surface area contributed by atoms with Gasteiger partial charge in [-0.1, -0.05) is 11.6 Å². The molecule has 0 unspecified atom stereocenters. The molecule has 0 atom stereocenters. The second kappa shape index (κ2) is 11.3. The molecule has 1 N–H and O–H groups in total. The number of aryl methyl sites for hydroxylation is 1. The van der Waals surface area contributed by atoms with E-state index in [4.69, 9.17) is 21.1 Å². The zero-order valence-electron chi connectivity index (χ0n) is 21.2. The van der Waals surface area contributed by atoms with Crippen LogP contribution in [0.1, 0.15) is 33.6 Å². The third-order valence-electron chi connectivity index (χ3n) is 6.77. The van der Waals surface area contributed by atoms with Gasteiger partial charge in [0, 0.05) is 42.8 Å². The van der Waals surface area contributed by atoms with E-state index in [0.717, 1.165) is 12.5 Å². The summed E-state index contributed by atoms with van der Waals surface area (Å²) in [7, 11) is 1.51. The van der Waals surface area contributed by atoms with Crippen molar-refractivity contribution in [1.82, 2.24) is 15.1 Å². The monoisotopic (exact) mass is 561 g/mol. The largest absolute Gasteiger partial charge is 0.495 e. The zero-order chi connectivity index (χ0) is 27.6. The predicted octanol–water partition coefficient (Wildman–Crippen LogP) is 5.33. The van der Waals surface area contributed by atoms with Gasteiger partial charge >= 0.3 is 6.18 Å². The number of nitrogens with one attached hydrogen (secondary N) is 1. The van der Waals surface area contributed by atoms with Crippen molar-refractivity contribution in [2.75, 3.05) is 50.2 Å². The van der Waals surface area contributed by atoms with Crippen LogP contribution in [0.5, 0.6) is 5.75 Å². The van der Waals surface area contributed by atoms with Crippen molar-refractivity contribution in [1.29, 1.82) is 0 Å². The second-order valence-corrected chi connectivity index (χ2v) is 9.77. The summed E-state index contributed by atoms with van der Waals surface area (Å²) in [6.07, 6.45) is -3.08. The van der Waals surface area contributed by atoms with E-state index >= 15 is 0 Å². The summed E-state index contributed by atoms with van der Waals surface area (Å²) in [6, 6.07) is 10.5. The zero-order valence-corrected chi connectivity index (χ0v) is 22.0. The van der Waals surface area contributed by atoms with E-state index in [-0.39, 0.29) is 23.0 Å². The molecular weight excluding hydrogens is 535 g/mol. The minimum Gasteiger partial charge on any atom is -0.495 e. The Morgan fingerprint density at radius 2 is 1.90 bits per heavy atom. The van der Waals surface area contributed by atoms with Crippen molar-refractivity contribution < 1.29 is 27.4 Å². The highest BCUT2D eigenvalue weighted by Crippen LogP contribution is 2.37. The molecule has 3 heterocycles. The lowest BCUT2D eigenvalue weighted by Gasteiger charge is -2.31. The van der Waals surface area contributed by atoms with E-state index < -0.39 is 11.7 Å². The molecule has 0 saturated carbocycles. The Bertz CT molecular complexity index is 1360. The average Bonchev–Trinajstić information content (AvgIpc) is 2.93. The summed E-state index contributed by atoms with van der Waals surface area (Å²) < 4.78 is 51.8. The van der Waals surface area contributed by atoms with Gasteiger partial charge in [-0.3, -0.25) is 4.79 Å². The highest BCUT2D eigenvalue weighted by molar-refractivity contribution is 6.30. The van der Waals surface area contributed by atoms with Gasteiger partial charge in [0.15, 0.2) is 5.82 Å². The normalized spacial score (nSPS) is 15.6. The van der Waals surface area contributed by atoms with Gasteiger partial charge in [0.05, 0.1) is 43.0 Å². The first-order valence-corrected chi connectivity index (χ1v) is 12.9. The highest BCUT2D eigenvalue weighted by atomic mass is 35.5. The fourth-order valence-corrected chi connectivity index (χ4v) is 5.03. The van der Waals surface area contributed by atoms with Gasteiger partial charge in [-0.15, -0.1) is 5.10 Å². The molecule has 1 fully saturated rings. The minimum absolute atomic E-state index is 0.0230. The molecule has 0 spiro atoms. The first-order chi connectivity index (χ1) is 18.7. The number of halogens is 4. The summed E-state index contributed by atoms with van der Waals surface area (Å²) in [6.45, 7) is 2.65. The molecule has 206 valence electrons. The van der Waals surface area contributed by atoms with Crippen molar-refractivity contribution in [2.24, 2.45) is 0 Å². The number of carbonyl (C=O) groups excluding carboxylic acids is 1. The van der Waals surface area contributed by atoms with Gasteiger partial charge in [0.1, 0.15) is 5.75 Å². The average molecular weight is 562 g/mol. The Hall–Kier alpha value is -3.57. The van der Waals surface area contributed by atoms with Crippen LogP contribution in [0.2, 0.25) is 5.02 Å². The van der Waals surface area contributed by atoms with Gasteiger partial charge < -0.3 is 24.6 Å². The number of ether oxygens (including phenoxy) is 2. The van der Waals surface area contributed by atoms with Gasteiger partial charge in [0.2, 0.25) is 0 Å². The molecule has 0 bridgehead atoms. The summed E-state index contributed by atoms with van der Waals surface area (Å²) >= 11 is 6.04. The third kappa shape index (κ3) is 6.04. The standard InChI is InChI=1S/C27H27ClF3N5O3/c1-38-24-14-17(26(37)35-9-11-39-12-10-35)4-7-22(24)32-25-15-23-21(33-34-25)3-2-8-36(23)16-18-13-19(28)5-6-20(18)27(29,30)31/h4-7,13-15H,2-3,8-12,16H2,1H3,(H,32,34). The number of alkyl halides is 3. The smallest absolute Gasteiger partial charge is 0.416 e. The molecule has 2 aromatic carbocycles. The summed E-state index contributed by atoms with van der Waals surface area (Å²) in [4.78, 5) is 16.5. The van der Waals surface area contributed by atoms with Crippen LogP contribution >= 0.6 is 11.6 Å². The van der Waals surface area contributed by atoms with Crippen LogP contribution in [0.4, 0.5) is 30.4 Å². The number of nitrogens with zero attached hydrogens (tertiary/aromatic N) is 4. The fraction of sp³-hybridized carbons (Fsp3) is 0.370. The van der Waals surface area contributed by atoms with Crippen molar-refractivity contribution in [3.8, 4) is 5.75 Å². The maximum absolute atomic E-state index is 13.7. The van der Waals surface area contributed by atoms with E-state index in [0.29, 0.717) is 73.5 Å². The van der Waals surface area contributed by atoms with Crippen LogP contribution in [-0.2, 0) is 23.9 Å². The predicted molar refractivity (Wildman–Crippen MR) is 141 cm³/mol. The van der Waals surface area contributed by atoms with Crippen molar-refractivity contribution in [3.63, 3.8) is 0 Å². The summed E-state index contributed by atoms with van der Waals surface area (Å²) in [5.41, 5.74) is 1.85. The molecule has 1 aromatic heterocycles. The number of anilines is 3. The summed E-state index contributed by atoms with van der Waals surface area (Å²) in [5, 5.41) is 12.0. The molecule has 3 aromatic rings. The number of aromatic nitrogens is 2. The quantitative estimate of drug-likeness (QED) is 0.436. The molecule has 1 amide bonds. The fourth-order valence-electron chi connectivity index (χ4n) is 4.83. The maximum atomic E-state index is 13.7. The number of amides is 1. The molecule has 8 nitrogen and oxygen atoms in total. The van der Waals surface area contributed by atoms with Crippen LogP contribution < -0.4 is 15.0 Å². The first-order valence-electron chi connectivity index (χ1n) is 12.5. The van der Waals surface area contributed by atoms with Gasteiger partial charge in [-0.2, -0.15) is 18.3 Å². The molecule has 0 radical (unpaired) electrons. The number of rotatable bonds is 6. The number of benzene rings is 2. The Balaban J connectivity index is 1.39. The number of morpholine rings is 1. The molecule has 2 aliphatic rings. The lowest BCUT2D eigenvalue weighted by molar-refractivity contribution is -0.138. The van der Waals surface area contributed by atoms with Crippen molar-refractivity contribution >= 4 is 34.7 Å². The molecule has 1 saturated heterocycles. The number of fused-ring (bicyclic) bond motifs is 1. The minimum atomic E-state index is -4.49. The van der Waals surface area contributed by atoms with E-state index in [9.17, 15) is 18.0 Å². The Kier molecular flexibility index (Phi) is 7.81. The highest BCUT2D eigenvalue weighted by Gasteiger charge is 2.34. The maximum Gasteiger partial charge on any atom is 0.416 e. The van der Waals surface area contributed by atoms with Gasteiger partial charge in [0.25, 0.3) is 5.91 Å². The third-order valence-corrected chi connectivity index (χ3v) is 7.01. The number of hydrogen-bond donors (Lipinski definition) is 1. The summed E-state index contributed by atoms with van der Waals surface area (Å²) in [5.74, 6) is 0.735. The Labute approximate surface area is 228 Å². The Morgan fingerprint density at radius 3 is 2.64 bits per heavy atom. The van der Waals surface area contributed by atoms with E-state index in [1.54, 1.807) is 29.2 Å². The molecule has 5 rings (SSSR count). The number of methoxy groups -OCH3 is 1. The van der Waals surface area contributed by atoms with Crippen LogP contribution in [-0.4, -0.2) is 61.0 Å². The molecular formula is C27H27ClF3N5O3. The molecule has 39 heavy (non-hydrogen) atoms. The lowest BCUT2D eigenvalue weighted by Crippen LogP contribution is -2.40. The number of hydrogen-bond acceptors (Lipinski definition) is 7. The number of carbonyl (C=O) groups is 1. The topological polar surface area (TPSA) is 79.8 Å². The van der Waals surface area contributed by atoms with Crippen molar-refractivity contribution in [3.05, 3.63) is 69.9 Å². The molecule has 0 aliphatic carbocycles. The molecule has 12 heteroatoms. The molecule has 2 aliphatic heterocycles. The van der Waals surface area contributed by atoms with Crippen LogP contribution in [0.3, 0.4) is 0 Å². The van der Waals surface area contributed by atoms with E-state index in [2.05, 4.69) is 15.5 Å². The Morgan fingerprint density at radius 1 is 1.10 bits per heavy atom. The first kappa shape index (κ1) is 27.0. The van der Waals surface area contributed by atoms with Crippen LogP contribution in [0, 0.1) is 0 Å². The van der Waals surface area contributed by atoms with Crippen LogP contribution in [0.25, 0.3) is 0 Å². The van der Waals surface area contributed by atoms with Crippen LogP contribution in [0.15, 0.2) is 42.5 Å². The van der Waals surface area contributed by atoms with Crippen molar-refractivity contribution in [2.45, 2.75) is 25.6 Å². The van der Waals surface area contributed by atoms with E-state index in [1.807, 2.05) is 4.90 Å².